The van der Waals surface area contributed by atoms with Gasteiger partial charge in [0.25, 0.3) is 0 Å². The van der Waals surface area contributed by atoms with Crippen LogP contribution < -0.4 is 0 Å². The maximum atomic E-state index is 12.4. The van der Waals surface area contributed by atoms with Crippen LogP contribution in [-0.4, -0.2) is 69.3 Å². The summed E-state index contributed by atoms with van der Waals surface area (Å²) in [5.74, 6) is 1.46. The lowest BCUT2D eigenvalue weighted by atomic mass is 10.2. The smallest absolute Gasteiger partial charge is 0.227 e. The van der Waals surface area contributed by atoms with Gasteiger partial charge in [0, 0.05) is 31.8 Å². The van der Waals surface area contributed by atoms with Gasteiger partial charge in [0.15, 0.2) is 5.82 Å². The normalized spacial score (nSPS) is 25.7. The van der Waals surface area contributed by atoms with Crippen LogP contribution in [0.15, 0.2) is 4.52 Å². The molecule has 3 rings (SSSR count). The summed E-state index contributed by atoms with van der Waals surface area (Å²) in [5, 5.41) is 14.2. The molecule has 2 atom stereocenters. The molecule has 1 aromatic heterocycles. The molecular weight excluding hydrogens is 296 g/mol. The van der Waals surface area contributed by atoms with Gasteiger partial charge in [-0.05, 0) is 25.9 Å². The van der Waals surface area contributed by atoms with Gasteiger partial charge in [-0.15, -0.1) is 0 Å². The quantitative estimate of drug-likeness (QED) is 0.863. The van der Waals surface area contributed by atoms with Crippen LogP contribution in [0, 0.1) is 0 Å². The summed E-state index contributed by atoms with van der Waals surface area (Å²) in [6.45, 7) is 7.13. The number of carbonyl (C=O) groups is 1. The van der Waals surface area contributed by atoms with Gasteiger partial charge in [0.2, 0.25) is 11.8 Å². The minimum absolute atomic E-state index is 0.0510. The molecule has 23 heavy (non-hydrogen) atoms. The first-order valence-electron chi connectivity index (χ1n) is 8.57. The number of rotatable bonds is 5. The van der Waals surface area contributed by atoms with Crippen LogP contribution in [0.1, 0.15) is 50.7 Å². The van der Waals surface area contributed by atoms with Crippen molar-refractivity contribution in [2.45, 2.75) is 57.6 Å². The number of aliphatic hydroxyl groups excluding tert-OH is 1. The molecule has 2 fully saturated rings. The molecule has 1 N–H and O–H groups in total. The summed E-state index contributed by atoms with van der Waals surface area (Å²) < 4.78 is 5.17. The third kappa shape index (κ3) is 3.72. The van der Waals surface area contributed by atoms with Crippen molar-refractivity contribution in [3.63, 3.8) is 0 Å². The molecule has 0 radical (unpaired) electrons. The second kappa shape index (κ2) is 6.97. The van der Waals surface area contributed by atoms with Crippen LogP contribution in [-0.2, 0) is 11.2 Å². The number of aromatic nitrogens is 2. The Balaban J connectivity index is 1.50. The number of hydrogen-bond donors (Lipinski definition) is 1. The van der Waals surface area contributed by atoms with Crippen molar-refractivity contribution >= 4 is 5.91 Å². The Morgan fingerprint density at radius 1 is 1.35 bits per heavy atom. The molecule has 7 nitrogen and oxygen atoms in total. The second-order valence-electron chi connectivity index (χ2n) is 6.88. The van der Waals surface area contributed by atoms with E-state index in [2.05, 4.69) is 15.0 Å². The fourth-order valence-electron chi connectivity index (χ4n) is 3.38. The van der Waals surface area contributed by atoms with E-state index in [0.717, 1.165) is 13.1 Å². The standard InChI is InChI=1S/C16H26N4O3/c1-11(2)16-17-14(23-18-16)5-6-15(22)20-9-12(13(21)10-20)19-7-3-4-8-19/h11-13,21H,3-10H2,1-2H3/t12-,13-/m1/s1. The zero-order valence-corrected chi connectivity index (χ0v) is 13.9. The highest BCUT2D eigenvalue weighted by atomic mass is 16.5. The Bertz CT molecular complexity index is 539. The minimum atomic E-state index is -0.437. The molecule has 7 heteroatoms. The number of aliphatic hydroxyl groups is 1. The van der Waals surface area contributed by atoms with Gasteiger partial charge in [-0.1, -0.05) is 19.0 Å². The Kier molecular flexibility index (Phi) is 4.96. The lowest BCUT2D eigenvalue weighted by molar-refractivity contribution is -0.130. The highest BCUT2D eigenvalue weighted by Gasteiger charge is 2.38. The molecule has 3 heterocycles. The zero-order valence-electron chi connectivity index (χ0n) is 13.9. The van der Waals surface area contributed by atoms with Gasteiger partial charge in [0.05, 0.1) is 12.1 Å². The van der Waals surface area contributed by atoms with Crippen molar-refractivity contribution < 1.29 is 14.4 Å². The Hall–Kier alpha value is -1.47. The second-order valence-corrected chi connectivity index (χ2v) is 6.88. The van der Waals surface area contributed by atoms with E-state index in [4.69, 9.17) is 4.52 Å². The average Bonchev–Trinajstić information content (AvgIpc) is 3.24. The monoisotopic (exact) mass is 322 g/mol. The number of amides is 1. The summed E-state index contributed by atoms with van der Waals surface area (Å²) in [6, 6.07) is 0.0948. The van der Waals surface area contributed by atoms with Gasteiger partial charge < -0.3 is 14.5 Å². The van der Waals surface area contributed by atoms with E-state index in [-0.39, 0.29) is 17.9 Å². The Morgan fingerprint density at radius 3 is 2.74 bits per heavy atom. The number of aryl methyl sites for hydroxylation is 1. The summed E-state index contributed by atoms with van der Waals surface area (Å²) >= 11 is 0. The predicted octanol–water partition coefficient (Wildman–Crippen LogP) is 0.793. The Morgan fingerprint density at radius 2 is 2.09 bits per heavy atom. The lowest BCUT2D eigenvalue weighted by Gasteiger charge is -2.25. The van der Waals surface area contributed by atoms with Crippen LogP contribution in [0.4, 0.5) is 0 Å². The first-order valence-corrected chi connectivity index (χ1v) is 8.57. The van der Waals surface area contributed by atoms with E-state index >= 15 is 0 Å². The zero-order chi connectivity index (χ0) is 16.4. The van der Waals surface area contributed by atoms with Crippen LogP contribution in [0.2, 0.25) is 0 Å². The van der Waals surface area contributed by atoms with Crippen LogP contribution in [0.3, 0.4) is 0 Å². The fraction of sp³-hybridized carbons (Fsp3) is 0.812. The molecule has 2 aliphatic heterocycles. The van der Waals surface area contributed by atoms with Crippen molar-refractivity contribution in [2.24, 2.45) is 0 Å². The molecule has 0 unspecified atom stereocenters. The van der Waals surface area contributed by atoms with Gasteiger partial charge in [-0.3, -0.25) is 9.69 Å². The van der Waals surface area contributed by atoms with E-state index in [1.54, 1.807) is 4.90 Å². The maximum absolute atomic E-state index is 12.4. The van der Waals surface area contributed by atoms with Gasteiger partial charge >= 0.3 is 0 Å². The highest BCUT2D eigenvalue weighted by Crippen LogP contribution is 2.22. The highest BCUT2D eigenvalue weighted by molar-refractivity contribution is 5.76. The summed E-state index contributed by atoms with van der Waals surface area (Å²) in [5.41, 5.74) is 0. The largest absolute Gasteiger partial charge is 0.390 e. The van der Waals surface area contributed by atoms with E-state index in [9.17, 15) is 9.90 Å². The molecule has 0 spiro atoms. The van der Waals surface area contributed by atoms with Crippen LogP contribution in [0.5, 0.6) is 0 Å². The molecule has 1 aromatic rings. The van der Waals surface area contributed by atoms with E-state index < -0.39 is 6.10 Å². The molecule has 0 bridgehead atoms. The van der Waals surface area contributed by atoms with Gasteiger partial charge in [-0.2, -0.15) is 4.98 Å². The first kappa shape index (κ1) is 16.4. The van der Waals surface area contributed by atoms with E-state index in [1.165, 1.54) is 12.8 Å². The van der Waals surface area contributed by atoms with Crippen molar-refractivity contribution in [1.29, 1.82) is 0 Å². The minimum Gasteiger partial charge on any atom is -0.390 e. The SMILES string of the molecule is CC(C)c1noc(CCC(=O)N2C[C@@H](O)[C@H](N3CCCC3)C2)n1. The summed E-state index contributed by atoms with van der Waals surface area (Å²) in [6.07, 6.45) is 2.74. The number of likely N-dealkylation sites (tertiary alicyclic amines) is 2. The van der Waals surface area contributed by atoms with E-state index in [1.807, 2.05) is 13.8 Å². The number of hydrogen-bond acceptors (Lipinski definition) is 6. The Labute approximate surface area is 136 Å². The van der Waals surface area contributed by atoms with Crippen LogP contribution >= 0.6 is 0 Å². The van der Waals surface area contributed by atoms with Crippen molar-refractivity contribution in [1.82, 2.24) is 19.9 Å². The number of β-amino-alcohol motifs (C(OH)–C–C–N with tert-alkyl or cyclic N) is 1. The molecule has 0 aliphatic carbocycles. The van der Waals surface area contributed by atoms with Crippen molar-refractivity contribution in [3.05, 3.63) is 11.7 Å². The number of nitrogens with zero attached hydrogens (tertiary/aromatic N) is 4. The maximum Gasteiger partial charge on any atom is 0.227 e. The topological polar surface area (TPSA) is 82.7 Å². The van der Waals surface area contributed by atoms with Gasteiger partial charge in [-0.25, -0.2) is 0 Å². The van der Waals surface area contributed by atoms with Crippen LogP contribution in [0.25, 0.3) is 0 Å². The predicted molar refractivity (Wildman–Crippen MR) is 83.9 cm³/mol. The molecule has 2 aliphatic rings. The molecule has 0 aromatic carbocycles. The molecule has 2 saturated heterocycles. The molecule has 128 valence electrons. The first-order chi connectivity index (χ1) is 11.0. The van der Waals surface area contributed by atoms with Gasteiger partial charge in [0.1, 0.15) is 0 Å². The van der Waals surface area contributed by atoms with Crippen molar-refractivity contribution in [2.75, 3.05) is 26.2 Å². The summed E-state index contributed by atoms with van der Waals surface area (Å²) in [7, 11) is 0. The third-order valence-electron chi connectivity index (χ3n) is 4.77. The number of carbonyl (C=O) groups excluding carboxylic acids is 1. The summed E-state index contributed by atoms with van der Waals surface area (Å²) in [4.78, 5) is 20.7. The third-order valence-corrected chi connectivity index (χ3v) is 4.77. The average molecular weight is 322 g/mol. The molecule has 0 saturated carbocycles. The molecular formula is C16H26N4O3. The van der Waals surface area contributed by atoms with Crippen molar-refractivity contribution in [3.8, 4) is 0 Å². The lowest BCUT2D eigenvalue weighted by Crippen LogP contribution is -2.41. The molecule has 1 amide bonds. The fourth-order valence-corrected chi connectivity index (χ4v) is 3.38. The van der Waals surface area contributed by atoms with E-state index in [0.29, 0.717) is 37.6 Å².